The molecule has 0 bridgehead atoms. The number of hydrogen-bond donors (Lipinski definition) is 0. The Bertz CT molecular complexity index is 260. The summed E-state index contributed by atoms with van der Waals surface area (Å²) in [5.41, 5.74) is 0.556. The molecule has 12 heavy (non-hydrogen) atoms. The fourth-order valence-electron chi connectivity index (χ4n) is 0.976. The van der Waals surface area contributed by atoms with Crippen LogP contribution >= 0.6 is 0 Å². The van der Waals surface area contributed by atoms with Crippen molar-refractivity contribution in [2.75, 3.05) is 0 Å². The molecule has 4 heteroatoms. The Morgan fingerprint density at radius 2 is 2.00 bits per heavy atom. The molecule has 0 amide bonds. The minimum atomic E-state index is -4.45. The van der Waals surface area contributed by atoms with Crippen LogP contribution in [0.5, 0.6) is 0 Å². The van der Waals surface area contributed by atoms with Crippen LogP contribution in [0.2, 0.25) is 0 Å². The van der Waals surface area contributed by atoms with Crippen LogP contribution in [-0.4, -0.2) is 12.0 Å². The smallest absolute Gasteiger partial charge is 0.294 e. The van der Waals surface area contributed by atoms with Crippen molar-refractivity contribution in [2.45, 2.75) is 13.1 Å². The quantitative estimate of drug-likeness (QED) is 0.553. The van der Waals surface area contributed by atoms with E-state index in [1.807, 2.05) is 0 Å². The highest BCUT2D eigenvalue weighted by molar-refractivity contribution is 5.95. The van der Waals surface area contributed by atoms with Gasteiger partial charge in [-0.25, -0.2) is 0 Å². The number of ketones is 1. The third kappa shape index (κ3) is 1.75. The molecule has 0 aliphatic heterocycles. The van der Waals surface area contributed by atoms with E-state index in [2.05, 4.69) is 0 Å². The number of allylic oxidation sites excluding steroid dienone is 4. The van der Waals surface area contributed by atoms with Crippen molar-refractivity contribution in [1.29, 1.82) is 0 Å². The van der Waals surface area contributed by atoms with E-state index in [0.29, 0.717) is 5.57 Å². The Hall–Kier alpha value is -1.06. The highest BCUT2D eigenvalue weighted by Crippen LogP contribution is 2.30. The van der Waals surface area contributed by atoms with Crippen LogP contribution in [0.3, 0.4) is 0 Å². The van der Waals surface area contributed by atoms with Crippen molar-refractivity contribution in [3.8, 4) is 0 Å². The molecule has 0 saturated heterocycles. The van der Waals surface area contributed by atoms with Gasteiger partial charge >= 0.3 is 6.18 Å². The van der Waals surface area contributed by atoms with Gasteiger partial charge in [0, 0.05) is 0 Å². The van der Waals surface area contributed by atoms with Crippen LogP contribution in [-0.2, 0) is 4.79 Å². The third-order valence-corrected chi connectivity index (χ3v) is 1.58. The third-order valence-electron chi connectivity index (χ3n) is 1.58. The van der Waals surface area contributed by atoms with Gasteiger partial charge in [0.05, 0.1) is 0 Å². The summed E-state index contributed by atoms with van der Waals surface area (Å²) < 4.78 is 36.1. The van der Waals surface area contributed by atoms with E-state index in [0.717, 1.165) is 12.2 Å². The van der Waals surface area contributed by atoms with Gasteiger partial charge in [0.1, 0.15) is 5.92 Å². The molecule has 66 valence electrons. The van der Waals surface area contributed by atoms with Crippen molar-refractivity contribution >= 4 is 5.78 Å². The first-order valence-corrected chi connectivity index (χ1v) is 3.38. The number of alkyl halides is 3. The number of hydrogen-bond acceptors (Lipinski definition) is 1. The SMILES string of the molecule is CC1=CC(=O)C(C(F)(F)F)C=C1. The van der Waals surface area contributed by atoms with Gasteiger partial charge in [0.2, 0.25) is 0 Å². The summed E-state index contributed by atoms with van der Waals surface area (Å²) in [7, 11) is 0. The fourth-order valence-corrected chi connectivity index (χ4v) is 0.976. The monoisotopic (exact) mass is 176 g/mol. The molecule has 0 heterocycles. The normalized spacial score (nSPS) is 24.2. The van der Waals surface area contributed by atoms with Gasteiger partial charge in [-0.05, 0) is 18.6 Å². The first-order chi connectivity index (χ1) is 5.41. The molecule has 1 rings (SSSR count). The van der Waals surface area contributed by atoms with Crippen molar-refractivity contribution in [2.24, 2.45) is 5.92 Å². The second kappa shape index (κ2) is 2.77. The molecule has 1 aliphatic carbocycles. The number of carbonyl (C=O) groups is 1. The van der Waals surface area contributed by atoms with Crippen molar-refractivity contribution < 1.29 is 18.0 Å². The lowest BCUT2D eigenvalue weighted by Crippen LogP contribution is -2.29. The van der Waals surface area contributed by atoms with Gasteiger partial charge in [0.15, 0.2) is 5.78 Å². The molecule has 1 atom stereocenters. The molecule has 0 aromatic heterocycles. The number of halogens is 3. The van der Waals surface area contributed by atoms with E-state index >= 15 is 0 Å². The van der Waals surface area contributed by atoms with E-state index in [-0.39, 0.29) is 0 Å². The first-order valence-electron chi connectivity index (χ1n) is 3.38. The maximum Gasteiger partial charge on any atom is 0.402 e. The van der Waals surface area contributed by atoms with Gasteiger partial charge in [-0.3, -0.25) is 4.79 Å². The Balaban J connectivity index is 2.87. The molecule has 1 aliphatic rings. The first kappa shape index (κ1) is 9.03. The predicted molar refractivity (Wildman–Crippen MR) is 37.4 cm³/mol. The molecular weight excluding hydrogens is 169 g/mol. The lowest BCUT2D eigenvalue weighted by molar-refractivity contribution is -0.168. The van der Waals surface area contributed by atoms with Gasteiger partial charge in [-0.1, -0.05) is 12.2 Å². The Morgan fingerprint density at radius 1 is 1.42 bits per heavy atom. The molecule has 0 N–H and O–H groups in total. The van der Waals surface area contributed by atoms with Crippen LogP contribution in [0.1, 0.15) is 6.92 Å². The Kier molecular flexibility index (Phi) is 2.08. The van der Waals surface area contributed by atoms with Crippen molar-refractivity contribution in [1.82, 2.24) is 0 Å². The average molecular weight is 176 g/mol. The van der Waals surface area contributed by atoms with Crippen LogP contribution in [0, 0.1) is 5.92 Å². The molecule has 0 radical (unpaired) electrons. The fraction of sp³-hybridized carbons (Fsp3) is 0.375. The molecule has 0 saturated carbocycles. The predicted octanol–water partition coefficient (Wildman–Crippen LogP) is 2.25. The van der Waals surface area contributed by atoms with E-state index in [4.69, 9.17) is 0 Å². The Morgan fingerprint density at radius 3 is 2.42 bits per heavy atom. The molecule has 1 nitrogen and oxygen atoms in total. The largest absolute Gasteiger partial charge is 0.402 e. The summed E-state index contributed by atoms with van der Waals surface area (Å²) in [5.74, 6) is -2.83. The van der Waals surface area contributed by atoms with Crippen LogP contribution in [0.4, 0.5) is 13.2 Å². The molecule has 0 aromatic rings. The molecular formula is C8H7F3O. The lowest BCUT2D eigenvalue weighted by Gasteiger charge is -2.16. The van der Waals surface area contributed by atoms with Crippen molar-refractivity contribution in [3.05, 3.63) is 23.8 Å². The zero-order valence-electron chi connectivity index (χ0n) is 6.35. The van der Waals surface area contributed by atoms with E-state index in [1.54, 1.807) is 6.92 Å². The molecule has 0 fully saturated rings. The van der Waals surface area contributed by atoms with Crippen molar-refractivity contribution in [3.63, 3.8) is 0 Å². The highest BCUT2D eigenvalue weighted by atomic mass is 19.4. The summed E-state index contributed by atoms with van der Waals surface area (Å²) in [5, 5.41) is 0. The summed E-state index contributed by atoms with van der Waals surface area (Å²) in [6, 6.07) is 0. The summed E-state index contributed by atoms with van der Waals surface area (Å²) in [6.45, 7) is 1.58. The second-order valence-corrected chi connectivity index (χ2v) is 2.67. The molecule has 1 unspecified atom stereocenters. The van der Waals surface area contributed by atoms with Gasteiger partial charge in [-0.15, -0.1) is 0 Å². The topological polar surface area (TPSA) is 17.1 Å². The van der Waals surface area contributed by atoms with Gasteiger partial charge in [0.25, 0.3) is 0 Å². The van der Waals surface area contributed by atoms with Gasteiger partial charge < -0.3 is 0 Å². The maximum absolute atomic E-state index is 12.0. The van der Waals surface area contributed by atoms with E-state index in [9.17, 15) is 18.0 Å². The number of carbonyl (C=O) groups excluding carboxylic acids is 1. The Labute approximate surface area is 67.6 Å². The summed E-state index contributed by atoms with van der Waals surface area (Å²) in [6.07, 6.45) is -1.25. The zero-order chi connectivity index (χ0) is 9.35. The minimum absolute atomic E-state index is 0.556. The minimum Gasteiger partial charge on any atom is -0.294 e. The zero-order valence-corrected chi connectivity index (χ0v) is 6.35. The standard InChI is InChI=1S/C8H7F3O/c1-5-2-3-6(7(12)4-5)8(9,10)11/h2-4,6H,1H3. The molecule has 0 aromatic carbocycles. The van der Waals surface area contributed by atoms with E-state index < -0.39 is 17.9 Å². The molecule has 0 spiro atoms. The van der Waals surface area contributed by atoms with Crippen LogP contribution in [0.15, 0.2) is 23.8 Å². The van der Waals surface area contributed by atoms with Crippen LogP contribution in [0.25, 0.3) is 0 Å². The van der Waals surface area contributed by atoms with Gasteiger partial charge in [-0.2, -0.15) is 13.2 Å². The van der Waals surface area contributed by atoms with Crippen LogP contribution < -0.4 is 0 Å². The average Bonchev–Trinajstić information content (AvgIpc) is 1.83. The summed E-state index contributed by atoms with van der Waals surface area (Å²) in [4.78, 5) is 10.8. The second-order valence-electron chi connectivity index (χ2n) is 2.67. The lowest BCUT2D eigenvalue weighted by atomic mass is 9.96. The summed E-state index contributed by atoms with van der Waals surface area (Å²) >= 11 is 0. The highest BCUT2D eigenvalue weighted by Gasteiger charge is 2.42. The number of rotatable bonds is 0. The van der Waals surface area contributed by atoms with E-state index in [1.165, 1.54) is 6.08 Å². The maximum atomic E-state index is 12.0.